The van der Waals surface area contributed by atoms with Crippen LogP contribution in [-0.4, -0.2) is 41.6 Å². The molecule has 28 heavy (non-hydrogen) atoms. The molecular weight excluding hydrogens is 395 g/mol. The zero-order chi connectivity index (χ0) is 20.3. The van der Waals surface area contributed by atoms with Gasteiger partial charge in [0.05, 0.1) is 17.8 Å². The van der Waals surface area contributed by atoms with Gasteiger partial charge in [-0.05, 0) is 25.0 Å². The number of benzene rings is 1. The van der Waals surface area contributed by atoms with Gasteiger partial charge in [-0.15, -0.1) is 11.3 Å². The van der Waals surface area contributed by atoms with Crippen LogP contribution < -0.4 is 5.32 Å². The first kappa shape index (κ1) is 20.3. The van der Waals surface area contributed by atoms with Gasteiger partial charge in [-0.2, -0.15) is 13.2 Å². The van der Waals surface area contributed by atoms with Crippen molar-refractivity contribution in [3.8, 4) is 11.3 Å². The van der Waals surface area contributed by atoms with E-state index in [2.05, 4.69) is 10.3 Å². The molecule has 3 amide bonds. The van der Waals surface area contributed by atoms with E-state index >= 15 is 0 Å². The zero-order valence-corrected chi connectivity index (χ0v) is 15.8. The summed E-state index contributed by atoms with van der Waals surface area (Å²) >= 11 is 1.24. The highest BCUT2D eigenvalue weighted by Gasteiger charge is 2.37. The summed E-state index contributed by atoms with van der Waals surface area (Å²) in [6.07, 6.45) is -3.25. The van der Waals surface area contributed by atoms with Crippen molar-refractivity contribution in [1.29, 1.82) is 0 Å². The molecule has 0 saturated carbocycles. The first-order valence-electron chi connectivity index (χ1n) is 8.52. The summed E-state index contributed by atoms with van der Waals surface area (Å²) in [5, 5.41) is 4.85. The average molecular weight is 413 g/mol. The van der Waals surface area contributed by atoms with Crippen molar-refractivity contribution in [3.63, 3.8) is 0 Å². The molecule has 0 aliphatic carbocycles. The van der Waals surface area contributed by atoms with Crippen molar-refractivity contribution >= 4 is 23.3 Å². The van der Waals surface area contributed by atoms with E-state index in [9.17, 15) is 22.8 Å². The first-order chi connectivity index (χ1) is 13.3. The van der Waals surface area contributed by atoms with E-state index in [1.54, 1.807) is 12.5 Å². The second-order valence-corrected chi connectivity index (χ2v) is 7.21. The summed E-state index contributed by atoms with van der Waals surface area (Å²) in [7, 11) is 1.57. The minimum absolute atomic E-state index is 0.0245. The number of methoxy groups -OCH3 is 1. The number of nitrogens with one attached hydrogen (secondary N) is 1. The number of ether oxygens (including phenoxy) is 1. The van der Waals surface area contributed by atoms with E-state index in [-0.39, 0.29) is 12.5 Å². The summed E-state index contributed by atoms with van der Waals surface area (Å²) in [4.78, 5) is 29.9. The Morgan fingerprint density at radius 2 is 1.96 bits per heavy atom. The highest BCUT2D eigenvalue weighted by atomic mass is 32.1. The highest BCUT2D eigenvalue weighted by Crippen LogP contribution is 2.31. The quantitative estimate of drug-likeness (QED) is 0.555. The predicted molar refractivity (Wildman–Crippen MR) is 96.5 cm³/mol. The number of carbonyl (C=O) groups excluding carboxylic acids is 2. The lowest BCUT2D eigenvalue weighted by Gasteiger charge is -2.11. The molecule has 10 heteroatoms. The third-order valence-electron chi connectivity index (χ3n) is 4.30. The number of rotatable bonds is 7. The largest absolute Gasteiger partial charge is 0.416 e. The Morgan fingerprint density at radius 1 is 1.25 bits per heavy atom. The van der Waals surface area contributed by atoms with Crippen LogP contribution in [0.3, 0.4) is 0 Å². The number of alkyl halides is 3. The molecule has 150 valence electrons. The Kier molecular flexibility index (Phi) is 5.99. The fourth-order valence-electron chi connectivity index (χ4n) is 2.84. The lowest BCUT2D eigenvalue weighted by Crippen LogP contribution is -2.31. The third-order valence-corrected chi connectivity index (χ3v) is 5.13. The van der Waals surface area contributed by atoms with Crippen LogP contribution in [0.5, 0.6) is 0 Å². The minimum Gasteiger partial charge on any atom is -0.385 e. The third kappa shape index (κ3) is 4.50. The maximum absolute atomic E-state index is 12.7. The van der Waals surface area contributed by atoms with Gasteiger partial charge >= 0.3 is 12.2 Å². The maximum atomic E-state index is 12.7. The van der Waals surface area contributed by atoms with Gasteiger partial charge in [0.2, 0.25) is 0 Å². The van der Waals surface area contributed by atoms with E-state index in [4.69, 9.17) is 4.74 Å². The molecule has 0 bridgehead atoms. The Morgan fingerprint density at radius 3 is 2.61 bits per heavy atom. The van der Waals surface area contributed by atoms with E-state index in [1.807, 2.05) is 0 Å². The van der Waals surface area contributed by atoms with E-state index < -0.39 is 23.8 Å². The van der Waals surface area contributed by atoms with Gasteiger partial charge in [-0.25, -0.2) is 9.78 Å². The van der Waals surface area contributed by atoms with Crippen molar-refractivity contribution in [3.05, 3.63) is 40.2 Å². The van der Waals surface area contributed by atoms with Crippen LogP contribution in [0.2, 0.25) is 0 Å². The Balaban J connectivity index is 1.66. The molecule has 2 aromatic rings. The number of hydrogen-bond donors (Lipinski definition) is 1. The summed E-state index contributed by atoms with van der Waals surface area (Å²) < 4.78 is 42.9. The molecule has 1 aliphatic rings. The topological polar surface area (TPSA) is 71.5 Å². The summed E-state index contributed by atoms with van der Waals surface area (Å²) in [6, 6.07) is 3.64. The summed E-state index contributed by atoms with van der Waals surface area (Å²) in [5.74, 6) is -0.313. The normalized spacial score (nSPS) is 17.3. The van der Waals surface area contributed by atoms with Crippen molar-refractivity contribution < 1.29 is 27.5 Å². The Bertz CT molecular complexity index is 852. The number of thiazole rings is 1. The number of urea groups is 1. The average Bonchev–Trinajstić information content (AvgIpc) is 3.22. The number of aromatic nitrogens is 1. The Hall–Kier alpha value is -2.46. The first-order valence-corrected chi connectivity index (χ1v) is 9.40. The van der Waals surface area contributed by atoms with E-state index in [1.165, 1.54) is 23.5 Å². The molecule has 1 aromatic carbocycles. The van der Waals surface area contributed by atoms with E-state index in [0.717, 1.165) is 17.0 Å². The van der Waals surface area contributed by atoms with Crippen molar-refractivity contribution in [2.45, 2.75) is 31.6 Å². The van der Waals surface area contributed by atoms with E-state index in [0.29, 0.717) is 35.7 Å². The lowest BCUT2D eigenvalue weighted by molar-refractivity contribution is -0.137. The summed E-state index contributed by atoms with van der Waals surface area (Å²) in [6.45, 7) is 0.527. The molecule has 3 rings (SSSR count). The van der Waals surface area contributed by atoms with Crippen LogP contribution in [0.25, 0.3) is 11.3 Å². The maximum Gasteiger partial charge on any atom is 0.416 e. The highest BCUT2D eigenvalue weighted by molar-refractivity contribution is 7.09. The molecule has 1 aliphatic heterocycles. The van der Waals surface area contributed by atoms with Gasteiger partial charge in [0.1, 0.15) is 11.0 Å². The molecule has 1 N–H and O–H groups in total. The molecule has 1 atom stereocenters. The zero-order valence-electron chi connectivity index (χ0n) is 15.0. The SMILES string of the molecule is COCCCC1NC(=O)N(Cc2nc(-c3ccc(C(F)(F)F)cc3)cs2)C1=O. The van der Waals surface area contributed by atoms with Gasteiger partial charge in [0, 0.05) is 24.7 Å². The van der Waals surface area contributed by atoms with Gasteiger partial charge in [-0.1, -0.05) is 12.1 Å². The minimum atomic E-state index is -4.39. The van der Waals surface area contributed by atoms with Crippen LogP contribution in [0.15, 0.2) is 29.6 Å². The van der Waals surface area contributed by atoms with Gasteiger partial charge in [-0.3, -0.25) is 9.69 Å². The lowest BCUT2D eigenvalue weighted by atomic mass is 10.1. The number of amides is 3. The number of nitrogens with zero attached hydrogens (tertiary/aromatic N) is 2. The van der Waals surface area contributed by atoms with Crippen molar-refractivity contribution in [1.82, 2.24) is 15.2 Å². The number of halogens is 3. The van der Waals surface area contributed by atoms with Crippen LogP contribution in [0.4, 0.5) is 18.0 Å². The molecule has 6 nitrogen and oxygen atoms in total. The van der Waals surface area contributed by atoms with Crippen molar-refractivity contribution in [2.75, 3.05) is 13.7 Å². The molecule has 1 unspecified atom stereocenters. The standard InChI is InChI=1S/C18H18F3N3O3S/c1-27-8-2-3-13-16(25)24(17(26)23-13)9-15-22-14(10-28-15)11-4-6-12(7-5-11)18(19,20)21/h4-7,10,13H,2-3,8-9H2,1H3,(H,23,26). The van der Waals surface area contributed by atoms with Crippen molar-refractivity contribution in [2.24, 2.45) is 0 Å². The van der Waals surface area contributed by atoms with Crippen LogP contribution in [0.1, 0.15) is 23.4 Å². The smallest absolute Gasteiger partial charge is 0.385 e. The predicted octanol–water partition coefficient (Wildman–Crippen LogP) is 3.68. The van der Waals surface area contributed by atoms with Crippen LogP contribution >= 0.6 is 11.3 Å². The monoisotopic (exact) mass is 413 g/mol. The molecule has 1 saturated heterocycles. The molecule has 1 fully saturated rings. The fourth-order valence-corrected chi connectivity index (χ4v) is 3.63. The second kappa shape index (κ2) is 8.27. The van der Waals surface area contributed by atoms with Gasteiger partial charge in [0.15, 0.2) is 0 Å². The van der Waals surface area contributed by atoms with Crippen LogP contribution in [-0.2, 0) is 22.3 Å². The molecule has 2 heterocycles. The summed E-state index contributed by atoms with van der Waals surface area (Å²) in [5.41, 5.74) is 0.299. The van der Waals surface area contributed by atoms with Crippen LogP contribution in [0, 0.1) is 0 Å². The fraction of sp³-hybridized carbons (Fsp3) is 0.389. The molecule has 0 spiro atoms. The second-order valence-electron chi connectivity index (χ2n) is 6.26. The van der Waals surface area contributed by atoms with Gasteiger partial charge < -0.3 is 10.1 Å². The number of imide groups is 1. The Labute approximate surface area is 163 Å². The molecular formula is C18H18F3N3O3S. The van der Waals surface area contributed by atoms with Gasteiger partial charge in [0.25, 0.3) is 5.91 Å². The molecule has 1 aromatic heterocycles. The number of hydrogen-bond acceptors (Lipinski definition) is 5. The number of carbonyl (C=O) groups is 2. The molecule has 0 radical (unpaired) electrons.